The van der Waals surface area contributed by atoms with E-state index in [1.165, 1.54) is 0 Å². The highest BCUT2D eigenvalue weighted by atomic mass is 32.2. The minimum Gasteiger partial charge on any atom is -0.420 e. The Hall–Kier alpha value is -3.37. The summed E-state index contributed by atoms with van der Waals surface area (Å²) in [5.41, 5.74) is 4.45. The number of fused-ring (bicyclic) bond motifs is 2. The monoisotopic (exact) mass is 532 g/mol. The molecule has 0 aliphatic heterocycles. The third kappa shape index (κ3) is 5.02. The zero-order valence-electron chi connectivity index (χ0n) is 21.9. The summed E-state index contributed by atoms with van der Waals surface area (Å²) in [5.74, 6) is 1.53. The van der Waals surface area contributed by atoms with E-state index in [2.05, 4.69) is 36.3 Å². The second-order valence-electron chi connectivity index (χ2n) is 10.8. The van der Waals surface area contributed by atoms with Crippen LogP contribution in [0.15, 0.2) is 46.0 Å². The molecule has 1 atom stereocenters. The van der Waals surface area contributed by atoms with E-state index in [-0.39, 0.29) is 12.0 Å². The molecule has 10 heteroatoms. The number of sulfonamides is 1. The summed E-state index contributed by atoms with van der Waals surface area (Å²) in [6.45, 7) is 6.16. The average molecular weight is 533 g/mol. The van der Waals surface area contributed by atoms with E-state index < -0.39 is 10.0 Å². The molecular formula is C28H32N6O3S. The number of benzene rings is 1. The smallest absolute Gasteiger partial charge is 0.266 e. The van der Waals surface area contributed by atoms with Gasteiger partial charge in [-0.15, -0.1) is 10.2 Å². The number of aromatic nitrogens is 4. The van der Waals surface area contributed by atoms with Crippen molar-refractivity contribution in [2.24, 2.45) is 5.92 Å². The molecule has 198 valence electrons. The average Bonchev–Trinajstić information content (AvgIpc) is 3.66. The molecule has 9 nitrogen and oxygen atoms in total. The van der Waals surface area contributed by atoms with Gasteiger partial charge < -0.3 is 9.73 Å². The molecule has 3 aromatic heterocycles. The van der Waals surface area contributed by atoms with Crippen LogP contribution in [0.2, 0.25) is 0 Å². The van der Waals surface area contributed by atoms with Crippen molar-refractivity contribution >= 4 is 26.5 Å². The maximum Gasteiger partial charge on any atom is 0.266 e. The number of pyridine rings is 2. The minimum atomic E-state index is -3.72. The number of nitrogens with zero attached hydrogens (tertiary/aromatic N) is 4. The van der Waals surface area contributed by atoms with Crippen LogP contribution in [0.3, 0.4) is 0 Å². The molecule has 0 spiro atoms. The second-order valence-corrected chi connectivity index (χ2v) is 12.5. The van der Waals surface area contributed by atoms with Crippen molar-refractivity contribution in [2.45, 2.75) is 69.7 Å². The zero-order chi connectivity index (χ0) is 26.4. The number of anilines is 1. The Bertz CT molecular complexity index is 1590. The van der Waals surface area contributed by atoms with Gasteiger partial charge in [-0.1, -0.05) is 13.8 Å². The Morgan fingerprint density at radius 3 is 2.61 bits per heavy atom. The molecule has 0 radical (unpaired) electrons. The van der Waals surface area contributed by atoms with Crippen LogP contribution in [0, 0.1) is 12.8 Å². The van der Waals surface area contributed by atoms with E-state index in [1.807, 2.05) is 38.2 Å². The van der Waals surface area contributed by atoms with Gasteiger partial charge in [-0.05, 0) is 73.4 Å². The molecule has 2 aliphatic carbocycles. The largest absolute Gasteiger partial charge is 0.420 e. The third-order valence-electron chi connectivity index (χ3n) is 7.23. The van der Waals surface area contributed by atoms with Crippen LogP contribution in [0.1, 0.15) is 61.7 Å². The van der Waals surface area contributed by atoms with Crippen LogP contribution >= 0.6 is 0 Å². The van der Waals surface area contributed by atoms with Gasteiger partial charge in [-0.25, -0.2) is 18.1 Å². The Labute approximate surface area is 222 Å². The summed E-state index contributed by atoms with van der Waals surface area (Å²) in [4.78, 5) is 9.56. The molecule has 4 aromatic rings. The van der Waals surface area contributed by atoms with Crippen molar-refractivity contribution in [1.82, 2.24) is 24.9 Å². The molecule has 1 fully saturated rings. The molecular weight excluding hydrogens is 500 g/mol. The van der Waals surface area contributed by atoms with Gasteiger partial charge in [0.1, 0.15) is 5.69 Å². The lowest BCUT2D eigenvalue weighted by Crippen LogP contribution is -2.32. The van der Waals surface area contributed by atoms with Crippen LogP contribution in [-0.4, -0.2) is 41.2 Å². The molecule has 0 unspecified atom stereocenters. The molecule has 0 bridgehead atoms. The van der Waals surface area contributed by atoms with Crippen molar-refractivity contribution in [2.75, 3.05) is 11.9 Å². The highest BCUT2D eigenvalue weighted by molar-refractivity contribution is 7.89. The first-order chi connectivity index (χ1) is 18.3. The van der Waals surface area contributed by atoms with Gasteiger partial charge in [0.25, 0.3) is 5.89 Å². The Kier molecular flexibility index (Phi) is 6.39. The highest BCUT2D eigenvalue weighted by Crippen LogP contribution is 2.42. The Balaban J connectivity index is 1.33. The van der Waals surface area contributed by atoms with Crippen molar-refractivity contribution in [3.05, 3.63) is 59.4 Å². The van der Waals surface area contributed by atoms with Crippen molar-refractivity contribution in [1.29, 1.82) is 0 Å². The van der Waals surface area contributed by atoms with Gasteiger partial charge >= 0.3 is 0 Å². The fourth-order valence-corrected chi connectivity index (χ4v) is 6.83. The van der Waals surface area contributed by atoms with E-state index >= 15 is 0 Å². The number of hydrogen-bond acceptors (Lipinski definition) is 8. The lowest BCUT2D eigenvalue weighted by Gasteiger charge is -2.29. The molecule has 1 saturated carbocycles. The Morgan fingerprint density at radius 2 is 1.92 bits per heavy atom. The number of rotatable bonds is 8. The topological polar surface area (TPSA) is 123 Å². The quantitative estimate of drug-likeness (QED) is 0.333. The van der Waals surface area contributed by atoms with Crippen molar-refractivity contribution in [3.8, 4) is 11.6 Å². The molecule has 6 rings (SSSR count). The molecule has 3 heterocycles. The molecule has 0 amide bonds. The van der Waals surface area contributed by atoms with E-state index in [1.54, 1.807) is 13.1 Å². The number of nitrogens with one attached hydrogen (secondary N) is 2. The predicted molar refractivity (Wildman–Crippen MR) is 145 cm³/mol. The molecule has 1 aromatic carbocycles. The minimum absolute atomic E-state index is 0.0713. The van der Waals surface area contributed by atoms with E-state index in [4.69, 9.17) is 4.42 Å². The van der Waals surface area contributed by atoms with Gasteiger partial charge in [0.2, 0.25) is 15.9 Å². The van der Waals surface area contributed by atoms with Crippen LogP contribution in [0.25, 0.3) is 22.4 Å². The van der Waals surface area contributed by atoms with E-state index in [0.717, 1.165) is 59.0 Å². The highest BCUT2D eigenvalue weighted by Gasteiger charge is 2.31. The van der Waals surface area contributed by atoms with Crippen LogP contribution < -0.4 is 10.0 Å². The van der Waals surface area contributed by atoms with Crippen molar-refractivity contribution in [3.63, 3.8) is 0 Å². The maximum atomic E-state index is 13.8. The van der Waals surface area contributed by atoms with Crippen LogP contribution in [-0.2, 0) is 22.9 Å². The maximum absolute atomic E-state index is 13.8. The zero-order valence-corrected chi connectivity index (χ0v) is 22.7. The van der Waals surface area contributed by atoms with Crippen molar-refractivity contribution < 1.29 is 12.8 Å². The number of aryl methyl sites for hydroxylation is 2. The summed E-state index contributed by atoms with van der Waals surface area (Å²) in [7, 11) is -3.72. The first-order valence-electron chi connectivity index (χ1n) is 13.2. The lowest BCUT2D eigenvalue weighted by molar-refractivity contribution is 0.531. The van der Waals surface area contributed by atoms with E-state index in [9.17, 15) is 8.42 Å². The number of hydrogen-bond donors (Lipinski definition) is 2. The fraction of sp³-hybridized carbons (Fsp3) is 0.429. The normalized spacial score (nSPS) is 17.6. The van der Waals surface area contributed by atoms with Gasteiger partial charge in [-0.2, -0.15) is 0 Å². The van der Waals surface area contributed by atoms with Crippen LogP contribution in [0.4, 0.5) is 5.69 Å². The van der Waals surface area contributed by atoms with E-state index in [0.29, 0.717) is 41.3 Å². The van der Waals surface area contributed by atoms with Gasteiger partial charge in [-0.3, -0.25) is 4.98 Å². The summed E-state index contributed by atoms with van der Waals surface area (Å²) in [5, 5.41) is 13.1. The molecule has 38 heavy (non-hydrogen) atoms. The summed E-state index contributed by atoms with van der Waals surface area (Å²) in [6, 6.07) is 8.00. The molecule has 2 aliphatic rings. The van der Waals surface area contributed by atoms with Crippen LogP contribution in [0.5, 0.6) is 0 Å². The van der Waals surface area contributed by atoms with Gasteiger partial charge in [0, 0.05) is 48.1 Å². The first-order valence-corrected chi connectivity index (χ1v) is 14.7. The summed E-state index contributed by atoms with van der Waals surface area (Å²) in [6.07, 6.45) is 8.11. The summed E-state index contributed by atoms with van der Waals surface area (Å²) >= 11 is 0. The lowest BCUT2D eigenvalue weighted by atomic mass is 9.86. The van der Waals surface area contributed by atoms with Gasteiger partial charge in [0.15, 0.2) is 0 Å². The second kappa shape index (κ2) is 9.74. The molecule has 2 N–H and O–H groups in total. The molecule has 0 saturated heterocycles. The Morgan fingerprint density at radius 1 is 1.08 bits per heavy atom. The predicted octanol–water partition coefficient (Wildman–Crippen LogP) is 4.77. The first kappa shape index (κ1) is 24.9. The standard InChI is InChI=1S/C28H32N6O3S/c1-16(2)13-31-38(35,36)27-23-11-21(32-22-8-9-25(30-15-22)28-34-33-17(3)37-28)7-6-19(23)10-20-14-29-26(12-24(20)27)18-4-5-18/h8-10,12,14-16,18,21,31-32H,4-7,11,13H2,1-3H3/t21-/m1/s1. The SMILES string of the molecule is Cc1nnc(-c2ccc(N[C@@H]3CCc4cc5cnc(C6CC6)cc5c(S(=O)(=O)NCC(C)C)c4C3)cn2)o1. The summed E-state index contributed by atoms with van der Waals surface area (Å²) < 4.78 is 35.9. The van der Waals surface area contributed by atoms with Gasteiger partial charge in [0.05, 0.1) is 16.8 Å². The fourth-order valence-electron chi connectivity index (χ4n) is 5.12. The third-order valence-corrected chi connectivity index (χ3v) is 8.78.